The molecule has 0 aromatic heterocycles. The van der Waals surface area contributed by atoms with Gasteiger partial charge in [0.05, 0.1) is 25.1 Å². The molecule has 0 spiro atoms. The van der Waals surface area contributed by atoms with Crippen LogP contribution < -0.4 is 14.4 Å². The first-order valence-corrected chi connectivity index (χ1v) is 12.9. The summed E-state index contributed by atoms with van der Waals surface area (Å²) < 4.78 is 52.1. The third-order valence-electron chi connectivity index (χ3n) is 5.97. The van der Waals surface area contributed by atoms with Crippen LogP contribution in [0.4, 0.5) is 20.6 Å². The van der Waals surface area contributed by atoms with Crippen LogP contribution in [0.25, 0.3) is 0 Å². The van der Waals surface area contributed by atoms with Crippen LogP contribution in [-0.2, 0) is 19.6 Å². The fourth-order valence-electron chi connectivity index (χ4n) is 4.19. The molecule has 2 N–H and O–H groups in total. The number of nitrogens with one attached hydrogen (secondary N) is 1. The van der Waals surface area contributed by atoms with Crippen molar-refractivity contribution in [1.82, 2.24) is 0 Å². The first kappa shape index (κ1) is 25.7. The standard InChI is InChI=1S/C23H22ClFN2O8S/c1-34-23(31)27(17-6-5-14-15-9-12(15)11-35-21(14)20(17)22(29)30)36(32,33)18-7-4-13(25)10-16(18)26-19(28)3-2-8-24/h4-7,10,12,15H,2-3,8-9,11H2,1H3,(H,26,28)(H,29,30). The van der Waals surface area contributed by atoms with E-state index >= 15 is 0 Å². The van der Waals surface area contributed by atoms with Gasteiger partial charge in [-0.2, -0.15) is 4.31 Å². The molecular formula is C23H22ClFN2O8S. The summed E-state index contributed by atoms with van der Waals surface area (Å²) in [5, 5.41) is 12.3. The van der Waals surface area contributed by atoms with Gasteiger partial charge in [-0.3, -0.25) is 4.79 Å². The number of carboxylic acid groups (broad SMARTS) is 1. The number of carbonyl (C=O) groups excluding carboxylic acids is 2. The molecule has 1 heterocycles. The van der Waals surface area contributed by atoms with Crippen LogP contribution in [0, 0.1) is 11.7 Å². The quantitative estimate of drug-likeness (QED) is 0.480. The first-order valence-electron chi connectivity index (χ1n) is 10.9. The molecule has 2 aliphatic rings. The third kappa shape index (κ3) is 4.70. The van der Waals surface area contributed by atoms with Crippen molar-refractivity contribution in [2.75, 3.05) is 29.2 Å². The van der Waals surface area contributed by atoms with Crippen molar-refractivity contribution in [3.63, 3.8) is 0 Å². The Morgan fingerprint density at radius 2 is 2.03 bits per heavy atom. The van der Waals surface area contributed by atoms with Gasteiger partial charge in [-0.05, 0) is 48.6 Å². The minimum absolute atomic E-state index is 0.0171. The molecule has 2 atom stereocenters. The molecule has 2 aromatic carbocycles. The molecule has 4 rings (SSSR count). The number of rotatable bonds is 8. The Labute approximate surface area is 211 Å². The Morgan fingerprint density at radius 3 is 2.69 bits per heavy atom. The van der Waals surface area contributed by atoms with Gasteiger partial charge in [0.2, 0.25) is 5.91 Å². The number of sulfonamides is 1. The van der Waals surface area contributed by atoms with Crippen LogP contribution in [0.3, 0.4) is 0 Å². The minimum Gasteiger partial charge on any atom is -0.492 e. The van der Waals surface area contributed by atoms with Crippen LogP contribution in [0.1, 0.15) is 41.1 Å². The zero-order valence-corrected chi connectivity index (χ0v) is 20.6. The number of hydrogen-bond acceptors (Lipinski definition) is 7. The van der Waals surface area contributed by atoms with E-state index in [0.29, 0.717) is 5.56 Å². The highest BCUT2D eigenvalue weighted by molar-refractivity contribution is 7.93. The second-order valence-corrected chi connectivity index (χ2v) is 10.5. The molecule has 192 valence electrons. The second-order valence-electron chi connectivity index (χ2n) is 8.32. The van der Waals surface area contributed by atoms with Crippen molar-refractivity contribution in [3.05, 3.63) is 47.3 Å². The lowest BCUT2D eigenvalue weighted by Crippen LogP contribution is -2.38. The highest BCUT2D eigenvalue weighted by Crippen LogP contribution is 2.55. The number of methoxy groups -OCH3 is 1. The van der Waals surface area contributed by atoms with Crippen molar-refractivity contribution in [2.45, 2.75) is 30.1 Å². The zero-order chi connectivity index (χ0) is 26.2. The maximum atomic E-state index is 14.0. The first-order chi connectivity index (χ1) is 17.1. The fraction of sp³-hybridized carbons (Fsp3) is 0.348. The van der Waals surface area contributed by atoms with E-state index in [1.807, 2.05) is 0 Å². The Hall–Kier alpha value is -3.38. The Bertz CT molecular complexity index is 1350. The highest BCUT2D eigenvalue weighted by atomic mass is 35.5. The van der Waals surface area contributed by atoms with E-state index in [2.05, 4.69) is 10.1 Å². The lowest BCUT2D eigenvalue weighted by Gasteiger charge is -2.26. The molecular weight excluding hydrogens is 519 g/mol. The molecule has 1 fully saturated rings. The number of hydrogen-bond donors (Lipinski definition) is 2. The average Bonchev–Trinajstić information content (AvgIpc) is 3.62. The molecule has 2 aromatic rings. The van der Waals surface area contributed by atoms with Crippen LogP contribution in [0.5, 0.6) is 5.75 Å². The van der Waals surface area contributed by atoms with Crippen molar-refractivity contribution in [1.29, 1.82) is 0 Å². The SMILES string of the molecule is COC(=O)N(c1ccc2c(c1C(=O)O)OCC1CC21)S(=O)(=O)c1ccc(F)cc1NC(=O)CCCCl. The Kier molecular flexibility index (Phi) is 7.10. The molecule has 1 saturated carbocycles. The summed E-state index contributed by atoms with van der Waals surface area (Å²) in [6, 6.07) is 5.19. The number of alkyl halides is 1. The van der Waals surface area contributed by atoms with Gasteiger partial charge in [-0.15, -0.1) is 11.6 Å². The number of nitrogens with zero attached hydrogens (tertiary/aromatic N) is 1. The van der Waals surface area contributed by atoms with Gasteiger partial charge < -0.3 is 19.9 Å². The number of amides is 2. The summed E-state index contributed by atoms with van der Waals surface area (Å²) in [5.41, 5.74) is -0.864. The highest BCUT2D eigenvalue weighted by Gasteiger charge is 2.47. The van der Waals surface area contributed by atoms with E-state index in [0.717, 1.165) is 31.7 Å². The van der Waals surface area contributed by atoms with Crippen molar-refractivity contribution < 1.29 is 41.8 Å². The van der Waals surface area contributed by atoms with Gasteiger partial charge in [0.15, 0.2) is 0 Å². The number of carboxylic acids is 1. The Morgan fingerprint density at radius 1 is 1.28 bits per heavy atom. The molecule has 1 aliphatic carbocycles. The molecule has 13 heteroatoms. The molecule has 0 radical (unpaired) electrons. The van der Waals surface area contributed by atoms with E-state index in [-0.39, 0.29) is 47.2 Å². The topological polar surface area (TPSA) is 139 Å². The van der Waals surface area contributed by atoms with Gasteiger partial charge in [-0.25, -0.2) is 22.4 Å². The lowest BCUT2D eigenvalue weighted by atomic mass is 10.00. The van der Waals surface area contributed by atoms with Crippen molar-refractivity contribution in [2.24, 2.45) is 5.92 Å². The minimum atomic E-state index is -4.93. The molecule has 1 aliphatic heterocycles. The second kappa shape index (κ2) is 9.94. The van der Waals surface area contributed by atoms with Gasteiger partial charge in [0, 0.05) is 18.2 Å². The summed E-state index contributed by atoms with van der Waals surface area (Å²) in [5.74, 6) is -2.48. The van der Waals surface area contributed by atoms with Crippen LogP contribution in [-0.4, -0.2) is 51.1 Å². The number of halogens is 2. The number of benzene rings is 2. The van der Waals surface area contributed by atoms with Gasteiger partial charge in [0.25, 0.3) is 10.0 Å². The summed E-state index contributed by atoms with van der Waals surface area (Å²) >= 11 is 5.59. The van der Waals surface area contributed by atoms with Crippen LogP contribution in [0.2, 0.25) is 0 Å². The van der Waals surface area contributed by atoms with Crippen molar-refractivity contribution >= 4 is 51.0 Å². The molecule has 0 bridgehead atoms. The van der Waals surface area contributed by atoms with Gasteiger partial charge in [0.1, 0.15) is 22.0 Å². The van der Waals surface area contributed by atoms with E-state index < -0.39 is 55.6 Å². The summed E-state index contributed by atoms with van der Waals surface area (Å²) in [6.45, 7) is 0.267. The third-order valence-corrected chi connectivity index (χ3v) is 7.98. The molecule has 2 amide bonds. The van der Waals surface area contributed by atoms with E-state index in [1.54, 1.807) is 0 Å². The number of fused-ring (bicyclic) bond motifs is 3. The predicted molar refractivity (Wildman–Crippen MR) is 127 cm³/mol. The summed E-state index contributed by atoms with van der Waals surface area (Å²) in [6.07, 6.45) is -0.375. The van der Waals surface area contributed by atoms with Gasteiger partial charge >= 0.3 is 12.1 Å². The number of anilines is 2. The molecule has 36 heavy (non-hydrogen) atoms. The zero-order valence-electron chi connectivity index (χ0n) is 19.0. The smallest absolute Gasteiger partial charge is 0.428 e. The normalized spacial score (nSPS) is 17.8. The van der Waals surface area contributed by atoms with E-state index in [1.165, 1.54) is 12.1 Å². The largest absolute Gasteiger partial charge is 0.492 e. The molecule has 0 saturated heterocycles. The molecule has 2 unspecified atom stereocenters. The van der Waals surface area contributed by atoms with E-state index in [4.69, 9.17) is 16.3 Å². The number of carbonyl (C=O) groups is 3. The number of aromatic carboxylic acids is 1. The monoisotopic (exact) mass is 540 g/mol. The van der Waals surface area contributed by atoms with Crippen LogP contribution in [0.15, 0.2) is 35.2 Å². The van der Waals surface area contributed by atoms with Crippen molar-refractivity contribution in [3.8, 4) is 5.75 Å². The summed E-state index contributed by atoms with van der Waals surface area (Å²) in [4.78, 5) is 36.7. The average molecular weight is 541 g/mol. The Balaban J connectivity index is 1.86. The predicted octanol–water partition coefficient (Wildman–Crippen LogP) is 3.94. The maximum absolute atomic E-state index is 14.0. The van der Waals surface area contributed by atoms with Gasteiger partial charge in [-0.1, -0.05) is 6.07 Å². The lowest BCUT2D eigenvalue weighted by molar-refractivity contribution is -0.116. The molecule has 10 nitrogen and oxygen atoms in total. The van der Waals surface area contributed by atoms with E-state index in [9.17, 15) is 32.3 Å². The fourth-order valence-corrected chi connectivity index (χ4v) is 5.83. The summed E-state index contributed by atoms with van der Waals surface area (Å²) in [7, 11) is -4.01. The van der Waals surface area contributed by atoms with Crippen LogP contribution >= 0.6 is 11.6 Å². The maximum Gasteiger partial charge on any atom is 0.428 e. The number of ether oxygens (including phenoxy) is 2.